The largest absolute Gasteiger partial charge is 0.480 e. The lowest BCUT2D eigenvalue weighted by molar-refractivity contribution is -0.138. The van der Waals surface area contributed by atoms with E-state index in [1.807, 2.05) is 20.8 Å². The lowest BCUT2D eigenvalue weighted by Crippen LogP contribution is -2.48. The molecule has 2 unspecified atom stereocenters. The van der Waals surface area contributed by atoms with Crippen LogP contribution in [0, 0.1) is 5.92 Å². The number of carbonyl (C=O) groups is 2. The maximum atomic E-state index is 11.9. The Balaban J connectivity index is 4.33. The number of nitrogens with zero attached hydrogens (tertiary/aromatic N) is 1. The first-order chi connectivity index (χ1) is 8.42. The number of aliphatic carboxylic acids is 1. The predicted molar refractivity (Wildman–Crippen MR) is 68.5 cm³/mol. The van der Waals surface area contributed by atoms with Gasteiger partial charge in [-0.3, -0.25) is 4.79 Å². The minimum absolute atomic E-state index is 0.0983. The molecule has 0 bridgehead atoms. The van der Waals surface area contributed by atoms with E-state index >= 15 is 0 Å². The maximum Gasteiger partial charge on any atom is 0.323 e. The quantitative estimate of drug-likeness (QED) is 0.686. The van der Waals surface area contributed by atoms with Crippen LogP contribution in [-0.2, 0) is 9.53 Å². The van der Waals surface area contributed by atoms with Crippen LogP contribution in [0.2, 0.25) is 0 Å². The zero-order valence-electron chi connectivity index (χ0n) is 11.6. The van der Waals surface area contributed by atoms with Crippen LogP contribution in [0.15, 0.2) is 0 Å². The lowest BCUT2D eigenvalue weighted by atomic mass is 10.2. The minimum atomic E-state index is -1.00. The fourth-order valence-electron chi connectivity index (χ4n) is 1.50. The Bertz CT molecular complexity index is 271. The van der Waals surface area contributed by atoms with Crippen molar-refractivity contribution in [3.8, 4) is 0 Å². The molecule has 0 aromatic heterocycles. The molecule has 0 aromatic carbocycles. The number of carbonyl (C=O) groups excluding carboxylic acids is 1. The van der Waals surface area contributed by atoms with Crippen LogP contribution in [-0.4, -0.2) is 54.9 Å². The third-order valence-electron chi connectivity index (χ3n) is 2.74. The summed E-state index contributed by atoms with van der Waals surface area (Å²) in [5.41, 5.74) is 0. The monoisotopic (exact) mass is 260 g/mol. The highest BCUT2D eigenvalue weighted by Crippen LogP contribution is 2.04. The third kappa shape index (κ3) is 6.44. The minimum Gasteiger partial charge on any atom is -0.480 e. The Hall–Kier alpha value is -1.30. The molecule has 0 aliphatic rings. The first-order valence-corrected chi connectivity index (χ1v) is 6.17. The van der Waals surface area contributed by atoms with Crippen molar-refractivity contribution in [1.29, 1.82) is 0 Å². The van der Waals surface area contributed by atoms with Gasteiger partial charge in [-0.15, -0.1) is 0 Å². The number of urea groups is 1. The van der Waals surface area contributed by atoms with Crippen LogP contribution in [0.5, 0.6) is 0 Å². The normalized spacial score (nSPS) is 13.8. The maximum absolute atomic E-state index is 11.9. The van der Waals surface area contributed by atoms with Gasteiger partial charge >= 0.3 is 12.0 Å². The number of methoxy groups -OCH3 is 1. The summed E-state index contributed by atoms with van der Waals surface area (Å²) in [7, 11) is 1.61. The summed E-state index contributed by atoms with van der Waals surface area (Å²) >= 11 is 0. The predicted octanol–water partition coefficient (Wildman–Crippen LogP) is 1.16. The molecule has 0 rings (SSSR count). The van der Waals surface area contributed by atoms with Gasteiger partial charge in [-0.05, 0) is 19.3 Å². The highest BCUT2D eigenvalue weighted by atomic mass is 16.5. The first kappa shape index (κ1) is 16.7. The van der Waals surface area contributed by atoms with Crippen molar-refractivity contribution in [2.75, 3.05) is 26.8 Å². The van der Waals surface area contributed by atoms with Gasteiger partial charge in [-0.25, -0.2) is 4.79 Å². The highest BCUT2D eigenvalue weighted by molar-refractivity contribution is 5.80. The van der Waals surface area contributed by atoms with Crippen molar-refractivity contribution in [2.24, 2.45) is 5.92 Å². The molecule has 106 valence electrons. The van der Waals surface area contributed by atoms with Crippen molar-refractivity contribution < 1.29 is 19.4 Å². The van der Waals surface area contributed by atoms with Gasteiger partial charge in [0.25, 0.3) is 0 Å². The standard InChI is InChI=1S/C12H24N2O4/c1-5-10(3)14(7-11(15)16)12(17)13-6-9(2)8-18-4/h9-10H,5-8H2,1-4H3,(H,13,17)(H,15,16). The number of rotatable bonds is 8. The summed E-state index contributed by atoms with van der Waals surface area (Å²) < 4.78 is 4.97. The first-order valence-electron chi connectivity index (χ1n) is 6.17. The zero-order valence-corrected chi connectivity index (χ0v) is 11.6. The van der Waals surface area contributed by atoms with Crippen LogP contribution in [0.25, 0.3) is 0 Å². The van der Waals surface area contributed by atoms with Crippen LogP contribution in [0.1, 0.15) is 27.2 Å². The molecule has 2 amide bonds. The average molecular weight is 260 g/mol. The van der Waals surface area contributed by atoms with E-state index < -0.39 is 5.97 Å². The number of nitrogens with one attached hydrogen (secondary N) is 1. The van der Waals surface area contributed by atoms with Crippen molar-refractivity contribution in [3.05, 3.63) is 0 Å². The molecule has 0 spiro atoms. The fourth-order valence-corrected chi connectivity index (χ4v) is 1.50. The van der Waals surface area contributed by atoms with E-state index in [4.69, 9.17) is 9.84 Å². The number of hydrogen-bond donors (Lipinski definition) is 2. The number of carboxylic acid groups (broad SMARTS) is 1. The van der Waals surface area contributed by atoms with Gasteiger partial charge in [0.05, 0.1) is 6.61 Å². The molecule has 0 saturated heterocycles. The molecule has 2 atom stereocenters. The van der Waals surface area contributed by atoms with E-state index in [2.05, 4.69) is 5.32 Å². The van der Waals surface area contributed by atoms with E-state index in [-0.39, 0.29) is 24.5 Å². The van der Waals surface area contributed by atoms with Crippen LogP contribution in [0.4, 0.5) is 4.79 Å². The molecule has 18 heavy (non-hydrogen) atoms. The van der Waals surface area contributed by atoms with Gasteiger partial charge < -0.3 is 20.1 Å². The molecule has 0 saturated carbocycles. The molecule has 0 aliphatic carbocycles. The highest BCUT2D eigenvalue weighted by Gasteiger charge is 2.21. The van der Waals surface area contributed by atoms with E-state index in [1.165, 1.54) is 4.90 Å². The second kappa shape index (κ2) is 8.74. The van der Waals surface area contributed by atoms with Crippen LogP contribution >= 0.6 is 0 Å². The fraction of sp³-hybridized carbons (Fsp3) is 0.833. The topological polar surface area (TPSA) is 78.9 Å². The van der Waals surface area contributed by atoms with Crippen molar-refractivity contribution in [3.63, 3.8) is 0 Å². The summed E-state index contributed by atoms with van der Waals surface area (Å²) in [5.74, 6) is -0.807. The van der Waals surface area contributed by atoms with Gasteiger partial charge in [0.1, 0.15) is 6.54 Å². The number of hydrogen-bond acceptors (Lipinski definition) is 3. The average Bonchev–Trinajstić information content (AvgIpc) is 2.32. The third-order valence-corrected chi connectivity index (χ3v) is 2.74. The van der Waals surface area contributed by atoms with Gasteiger partial charge in [0, 0.05) is 19.7 Å². The van der Waals surface area contributed by atoms with E-state index in [1.54, 1.807) is 7.11 Å². The molecular formula is C12H24N2O4. The molecule has 6 nitrogen and oxygen atoms in total. The summed E-state index contributed by atoms with van der Waals surface area (Å²) in [4.78, 5) is 24.0. The van der Waals surface area contributed by atoms with E-state index in [0.29, 0.717) is 19.6 Å². The Labute approximate surface area is 108 Å². The molecule has 0 aromatic rings. The van der Waals surface area contributed by atoms with Crippen molar-refractivity contribution in [1.82, 2.24) is 10.2 Å². The SMILES string of the molecule is CCC(C)N(CC(=O)O)C(=O)NCC(C)COC. The molecule has 0 fully saturated rings. The molecular weight excluding hydrogens is 236 g/mol. The number of carboxylic acids is 1. The Morgan fingerprint density at radius 3 is 2.44 bits per heavy atom. The second-order valence-corrected chi connectivity index (χ2v) is 4.53. The second-order valence-electron chi connectivity index (χ2n) is 4.53. The van der Waals surface area contributed by atoms with E-state index in [0.717, 1.165) is 0 Å². The van der Waals surface area contributed by atoms with Gasteiger partial charge in [-0.1, -0.05) is 13.8 Å². The molecule has 6 heteroatoms. The van der Waals surface area contributed by atoms with E-state index in [9.17, 15) is 9.59 Å². The molecule has 0 heterocycles. The number of ether oxygens (including phenoxy) is 1. The van der Waals surface area contributed by atoms with Crippen molar-refractivity contribution >= 4 is 12.0 Å². The lowest BCUT2D eigenvalue weighted by Gasteiger charge is -2.27. The molecule has 0 aliphatic heterocycles. The number of amides is 2. The summed E-state index contributed by atoms with van der Waals surface area (Å²) in [5, 5.41) is 11.5. The van der Waals surface area contributed by atoms with Crippen LogP contribution in [0.3, 0.4) is 0 Å². The summed E-state index contributed by atoms with van der Waals surface area (Å²) in [6.45, 7) is 6.46. The van der Waals surface area contributed by atoms with Gasteiger partial charge in [0.2, 0.25) is 0 Å². The molecule has 2 N–H and O–H groups in total. The summed E-state index contributed by atoms with van der Waals surface area (Å²) in [6, 6.07) is -0.437. The molecule has 0 radical (unpaired) electrons. The smallest absolute Gasteiger partial charge is 0.323 e. The Kier molecular flexibility index (Phi) is 8.11. The Morgan fingerprint density at radius 1 is 1.39 bits per heavy atom. The van der Waals surface area contributed by atoms with Gasteiger partial charge in [0.15, 0.2) is 0 Å². The zero-order chi connectivity index (χ0) is 14.1. The Morgan fingerprint density at radius 2 is 2.00 bits per heavy atom. The van der Waals surface area contributed by atoms with Crippen molar-refractivity contribution in [2.45, 2.75) is 33.2 Å². The summed E-state index contributed by atoms with van der Waals surface area (Å²) in [6.07, 6.45) is 0.717. The van der Waals surface area contributed by atoms with Crippen LogP contribution < -0.4 is 5.32 Å². The van der Waals surface area contributed by atoms with Gasteiger partial charge in [-0.2, -0.15) is 0 Å².